The van der Waals surface area contributed by atoms with E-state index < -0.39 is 0 Å². The molecule has 1 heteroatoms. The fourth-order valence-electron chi connectivity index (χ4n) is 1.02. The first-order chi connectivity index (χ1) is 5.16. The van der Waals surface area contributed by atoms with E-state index in [1.54, 1.807) is 0 Å². The predicted molar refractivity (Wildman–Crippen MR) is 51.9 cm³/mol. The number of hydrogen-bond donors (Lipinski definition) is 0. The van der Waals surface area contributed by atoms with Crippen LogP contribution in [-0.2, 0) is 0 Å². The number of unbranched alkanes of at least 4 members (excludes halogenated alkanes) is 1. The van der Waals surface area contributed by atoms with Crippen LogP contribution in [0.3, 0.4) is 0 Å². The van der Waals surface area contributed by atoms with Gasteiger partial charge in [0.15, 0.2) is 0 Å². The van der Waals surface area contributed by atoms with E-state index in [2.05, 4.69) is 32.7 Å². The summed E-state index contributed by atoms with van der Waals surface area (Å²) in [6.45, 7) is 9.35. The monoisotopic (exact) mass is 157 g/mol. The third kappa shape index (κ3) is 7.86. The van der Waals surface area contributed by atoms with E-state index in [9.17, 15) is 0 Å². The minimum absolute atomic E-state index is 0.846. The summed E-state index contributed by atoms with van der Waals surface area (Å²) in [4.78, 5) is 2.43. The van der Waals surface area contributed by atoms with Crippen LogP contribution in [0.25, 0.3) is 0 Å². The van der Waals surface area contributed by atoms with Crippen molar-refractivity contribution in [1.29, 1.82) is 0 Å². The van der Waals surface area contributed by atoms with Crippen LogP contribution in [0.15, 0.2) is 0 Å². The Morgan fingerprint density at radius 2 is 1.82 bits per heavy atom. The van der Waals surface area contributed by atoms with Crippen molar-refractivity contribution in [2.45, 2.75) is 40.0 Å². The zero-order valence-electron chi connectivity index (χ0n) is 8.56. The summed E-state index contributed by atoms with van der Waals surface area (Å²) in [6.07, 6.45) is 3.99. The SMILES string of the molecule is CCCCN(C)CCC(C)C. The predicted octanol–water partition coefficient (Wildman–Crippen LogP) is 2.76. The van der Waals surface area contributed by atoms with Crippen molar-refractivity contribution in [3.63, 3.8) is 0 Å². The van der Waals surface area contributed by atoms with Gasteiger partial charge in [-0.3, -0.25) is 0 Å². The number of hydrogen-bond acceptors (Lipinski definition) is 1. The Bertz CT molecular complexity index is 78.9. The first kappa shape index (κ1) is 11.0. The molecule has 0 amide bonds. The van der Waals surface area contributed by atoms with E-state index in [1.165, 1.54) is 32.4 Å². The Kier molecular flexibility index (Phi) is 6.63. The molecule has 0 aromatic rings. The lowest BCUT2D eigenvalue weighted by atomic mass is 10.1. The molecule has 0 rings (SSSR count). The Morgan fingerprint density at radius 1 is 1.18 bits per heavy atom. The molecule has 0 unspecified atom stereocenters. The third-order valence-corrected chi connectivity index (χ3v) is 1.98. The highest BCUT2D eigenvalue weighted by molar-refractivity contribution is 4.53. The van der Waals surface area contributed by atoms with Crippen LogP contribution >= 0.6 is 0 Å². The van der Waals surface area contributed by atoms with Crippen molar-refractivity contribution in [2.75, 3.05) is 20.1 Å². The summed E-state index contributed by atoms with van der Waals surface area (Å²) in [5.74, 6) is 0.846. The molecule has 0 spiro atoms. The summed E-state index contributed by atoms with van der Waals surface area (Å²) >= 11 is 0. The van der Waals surface area contributed by atoms with E-state index >= 15 is 0 Å². The second-order valence-corrected chi connectivity index (χ2v) is 3.84. The van der Waals surface area contributed by atoms with Gasteiger partial charge < -0.3 is 4.90 Å². The molecule has 0 aliphatic carbocycles. The maximum absolute atomic E-state index is 2.43. The molecule has 0 aliphatic rings. The van der Waals surface area contributed by atoms with Gasteiger partial charge in [0.1, 0.15) is 0 Å². The van der Waals surface area contributed by atoms with Crippen molar-refractivity contribution >= 4 is 0 Å². The normalized spacial score (nSPS) is 11.5. The summed E-state index contributed by atoms with van der Waals surface area (Å²) in [5.41, 5.74) is 0. The van der Waals surface area contributed by atoms with Gasteiger partial charge in [-0.15, -0.1) is 0 Å². The van der Waals surface area contributed by atoms with Crippen molar-refractivity contribution in [2.24, 2.45) is 5.92 Å². The Labute approximate surface area is 71.8 Å². The van der Waals surface area contributed by atoms with Gasteiger partial charge in [-0.25, -0.2) is 0 Å². The third-order valence-electron chi connectivity index (χ3n) is 1.98. The van der Waals surface area contributed by atoms with Gasteiger partial charge >= 0.3 is 0 Å². The van der Waals surface area contributed by atoms with Crippen LogP contribution in [-0.4, -0.2) is 25.0 Å². The summed E-state index contributed by atoms with van der Waals surface area (Å²) < 4.78 is 0. The van der Waals surface area contributed by atoms with Crippen LogP contribution in [0.5, 0.6) is 0 Å². The van der Waals surface area contributed by atoms with Gasteiger partial charge in [0.05, 0.1) is 0 Å². The van der Waals surface area contributed by atoms with Crippen LogP contribution in [0.4, 0.5) is 0 Å². The van der Waals surface area contributed by atoms with E-state index in [-0.39, 0.29) is 0 Å². The molecule has 68 valence electrons. The smallest absolute Gasteiger partial charge is 0.00194 e. The van der Waals surface area contributed by atoms with Gasteiger partial charge in [0, 0.05) is 0 Å². The van der Waals surface area contributed by atoms with Gasteiger partial charge in [-0.05, 0) is 38.9 Å². The van der Waals surface area contributed by atoms with E-state index in [4.69, 9.17) is 0 Å². The van der Waals surface area contributed by atoms with Gasteiger partial charge in [-0.1, -0.05) is 27.2 Å². The maximum Gasteiger partial charge on any atom is -0.00194 e. The summed E-state index contributed by atoms with van der Waals surface area (Å²) in [5, 5.41) is 0. The molecule has 0 saturated heterocycles. The molecular weight excluding hydrogens is 134 g/mol. The average molecular weight is 157 g/mol. The average Bonchev–Trinajstić information content (AvgIpc) is 1.97. The number of nitrogens with zero attached hydrogens (tertiary/aromatic N) is 1. The molecule has 0 saturated carbocycles. The molecule has 0 aliphatic heterocycles. The topological polar surface area (TPSA) is 3.24 Å². The highest BCUT2D eigenvalue weighted by Gasteiger charge is 1.98. The molecule has 0 aromatic heterocycles. The lowest BCUT2D eigenvalue weighted by molar-refractivity contribution is 0.306. The number of rotatable bonds is 6. The summed E-state index contributed by atoms with van der Waals surface area (Å²) in [7, 11) is 2.22. The summed E-state index contributed by atoms with van der Waals surface area (Å²) in [6, 6.07) is 0. The molecule has 0 radical (unpaired) electrons. The largest absolute Gasteiger partial charge is 0.306 e. The van der Waals surface area contributed by atoms with E-state index in [0.29, 0.717) is 0 Å². The fourth-order valence-corrected chi connectivity index (χ4v) is 1.02. The molecular formula is C10H23N. The second kappa shape index (κ2) is 6.66. The van der Waals surface area contributed by atoms with Crippen molar-refractivity contribution in [3.8, 4) is 0 Å². The Morgan fingerprint density at radius 3 is 2.27 bits per heavy atom. The first-order valence-electron chi connectivity index (χ1n) is 4.85. The molecule has 0 aromatic carbocycles. The zero-order chi connectivity index (χ0) is 8.69. The van der Waals surface area contributed by atoms with Crippen LogP contribution < -0.4 is 0 Å². The molecule has 0 fully saturated rings. The highest BCUT2D eigenvalue weighted by atomic mass is 15.1. The van der Waals surface area contributed by atoms with Crippen LogP contribution in [0, 0.1) is 5.92 Å². The van der Waals surface area contributed by atoms with Crippen molar-refractivity contribution in [3.05, 3.63) is 0 Å². The first-order valence-corrected chi connectivity index (χ1v) is 4.85. The fraction of sp³-hybridized carbons (Fsp3) is 1.00. The molecule has 0 N–H and O–H groups in total. The van der Waals surface area contributed by atoms with Crippen LogP contribution in [0.1, 0.15) is 40.0 Å². The van der Waals surface area contributed by atoms with Crippen molar-refractivity contribution < 1.29 is 0 Å². The second-order valence-electron chi connectivity index (χ2n) is 3.84. The van der Waals surface area contributed by atoms with Crippen molar-refractivity contribution in [1.82, 2.24) is 4.90 Å². The van der Waals surface area contributed by atoms with Gasteiger partial charge in [0.2, 0.25) is 0 Å². The minimum atomic E-state index is 0.846. The lowest BCUT2D eigenvalue weighted by Gasteiger charge is -2.16. The molecule has 0 atom stereocenters. The van der Waals surface area contributed by atoms with Gasteiger partial charge in [-0.2, -0.15) is 0 Å². The molecule has 0 bridgehead atoms. The van der Waals surface area contributed by atoms with Gasteiger partial charge in [0.25, 0.3) is 0 Å². The molecule has 11 heavy (non-hydrogen) atoms. The Hall–Kier alpha value is -0.0400. The quantitative estimate of drug-likeness (QED) is 0.573. The standard InChI is InChI=1S/C10H23N/c1-5-6-8-11(4)9-7-10(2)3/h10H,5-9H2,1-4H3. The minimum Gasteiger partial charge on any atom is -0.306 e. The Balaban J connectivity index is 3.15. The lowest BCUT2D eigenvalue weighted by Crippen LogP contribution is -2.21. The molecule has 1 nitrogen and oxygen atoms in total. The maximum atomic E-state index is 2.43. The zero-order valence-corrected chi connectivity index (χ0v) is 8.56. The molecule has 0 heterocycles. The van der Waals surface area contributed by atoms with E-state index in [0.717, 1.165) is 5.92 Å². The highest BCUT2D eigenvalue weighted by Crippen LogP contribution is 2.01. The van der Waals surface area contributed by atoms with Crippen LogP contribution in [0.2, 0.25) is 0 Å². The van der Waals surface area contributed by atoms with E-state index in [1.807, 2.05) is 0 Å².